The molecule has 1 heterocycles. The number of aromatic nitrogens is 2. The van der Waals surface area contributed by atoms with Gasteiger partial charge in [-0.05, 0) is 6.07 Å². The summed E-state index contributed by atoms with van der Waals surface area (Å²) >= 11 is 0. The Bertz CT molecular complexity index is 506. The number of anilines is 1. The second-order valence-electron chi connectivity index (χ2n) is 3.27. The maximum Gasteiger partial charge on any atom is 0.234 e. The van der Waals surface area contributed by atoms with E-state index in [1.54, 1.807) is 18.2 Å². The van der Waals surface area contributed by atoms with Crippen molar-refractivity contribution in [1.29, 1.82) is 0 Å². The third-order valence-electron chi connectivity index (χ3n) is 2.09. The van der Waals surface area contributed by atoms with Gasteiger partial charge in [0, 0.05) is 5.56 Å². The van der Waals surface area contributed by atoms with Gasteiger partial charge in [-0.3, -0.25) is 4.98 Å². The van der Waals surface area contributed by atoms with E-state index in [1.165, 1.54) is 18.5 Å². The van der Waals surface area contributed by atoms with Gasteiger partial charge < -0.3 is 10.2 Å². The topological polar surface area (TPSA) is 73.1 Å². The summed E-state index contributed by atoms with van der Waals surface area (Å²) in [7, 11) is 0. The smallest absolute Gasteiger partial charge is 0.234 e. The molecule has 17 heavy (non-hydrogen) atoms. The van der Waals surface area contributed by atoms with E-state index < -0.39 is 0 Å². The minimum atomic E-state index is -0.312. The number of halogens is 1. The first-order valence-electron chi connectivity index (χ1n) is 4.94. The fraction of sp³-hybridized carbons (Fsp3) is 0.0909. The lowest BCUT2D eigenvalue weighted by Crippen LogP contribution is -2.09. The number of ether oxygens (including phenoxy) is 1. The van der Waals surface area contributed by atoms with Crippen molar-refractivity contribution in [3.63, 3.8) is 0 Å². The zero-order chi connectivity index (χ0) is 12.1. The molecule has 0 atom stereocenters. The summed E-state index contributed by atoms with van der Waals surface area (Å²) < 4.78 is 18.6. The van der Waals surface area contributed by atoms with Crippen molar-refractivity contribution in [1.82, 2.24) is 9.97 Å². The molecule has 88 valence electrons. The van der Waals surface area contributed by atoms with Crippen molar-refractivity contribution in [2.24, 2.45) is 5.84 Å². The molecule has 6 heteroatoms. The van der Waals surface area contributed by atoms with E-state index in [-0.39, 0.29) is 18.3 Å². The van der Waals surface area contributed by atoms with Gasteiger partial charge in [0.1, 0.15) is 12.4 Å². The van der Waals surface area contributed by atoms with E-state index in [2.05, 4.69) is 15.4 Å². The molecular weight excluding hydrogens is 223 g/mol. The average Bonchev–Trinajstić information content (AvgIpc) is 2.38. The monoisotopic (exact) mass is 234 g/mol. The van der Waals surface area contributed by atoms with E-state index in [0.717, 1.165) is 0 Å². The summed E-state index contributed by atoms with van der Waals surface area (Å²) in [6.45, 7) is 0.0926. The predicted molar refractivity (Wildman–Crippen MR) is 60.6 cm³/mol. The first-order valence-corrected chi connectivity index (χ1v) is 4.94. The number of hydrogen-bond donors (Lipinski definition) is 2. The van der Waals surface area contributed by atoms with Crippen LogP contribution in [0.1, 0.15) is 5.56 Å². The number of nitrogen functional groups attached to an aromatic ring is 1. The molecule has 0 aliphatic rings. The normalized spacial score (nSPS) is 10.0. The first-order chi connectivity index (χ1) is 8.29. The number of hydrazine groups is 1. The van der Waals surface area contributed by atoms with Crippen molar-refractivity contribution in [3.8, 4) is 5.88 Å². The highest BCUT2D eigenvalue weighted by Gasteiger charge is 2.03. The van der Waals surface area contributed by atoms with Crippen LogP contribution in [-0.4, -0.2) is 9.97 Å². The van der Waals surface area contributed by atoms with E-state index in [0.29, 0.717) is 11.4 Å². The Balaban J connectivity index is 2.05. The fourth-order valence-electron chi connectivity index (χ4n) is 1.25. The molecule has 3 N–H and O–H groups in total. The van der Waals surface area contributed by atoms with Crippen LogP contribution in [0.3, 0.4) is 0 Å². The molecule has 0 saturated carbocycles. The standard InChI is InChI=1S/C11H11FN4O/c12-9-4-2-1-3-8(9)7-17-11-6-14-5-10(15-11)16-13/h1-6H,7,13H2,(H,15,16). The molecule has 2 aromatic rings. The van der Waals surface area contributed by atoms with Crippen LogP contribution in [0.15, 0.2) is 36.7 Å². The highest BCUT2D eigenvalue weighted by molar-refractivity contribution is 5.31. The summed E-state index contributed by atoms with van der Waals surface area (Å²) in [5.74, 6) is 5.54. The summed E-state index contributed by atoms with van der Waals surface area (Å²) in [5.41, 5.74) is 2.81. The lowest BCUT2D eigenvalue weighted by Gasteiger charge is -2.06. The number of nitrogens with zero attached hydrogens (tertiary/aromatic N) is 2. The maximum absolute atomic E-state index is 13.3. The van der Waals surface area contributed by atoms with Gasteiger partial charge >= 0.3 is 0 Å². The third kappa shape index (κ3) is 2.88. The van der Waals surface area contributed by atoms with Crippen LogP contribution < -0.4 is 16.0 Å². The van der Waals surface area contributed by atoms with E-state index >= 15 is 0 Å². The second kappa shape index (κ2) is 5.22. The van der Waals surface area contributed by atoms with Crippen LogP contribution in [0.25, 0.3) is 0 Å². The molecule has 0 aliphatic heterocycles. The van der Waals surface area contributed by atoms with Crippen molar-refractivity contribution in [3.05, 3.63) is 48.0 Å². The molecule has 0 spiro atoms. The van der Waals surface area contributed by atoms with Gasteiger partial charge in [-0.15, -0.1) is 0 Å². The van der Waals surface area contributed by atoms with Crippen LogP contribution in [0.2, 0.25) is 0 Å². The van der Waals surface area contributed by atoms with Crippen molar-refractivity contribution < 1.29 is 9.13 Å². The quantitative estimate of drug-likeness (QED) is 0.619. The first kappa shape index (κ1) is 11.3. The van der Waals surface area contributed by atoms with Gasteiger partial charge in [0.25, 0.3) is 0 Å². The molecule has 0 saturated heterocycles. The zero-order valence-electron chi connectivity index (χ0n) is 8.93. The zero-order valence-corrected chi connectivity index (χ0v) is 8.93. The highest BCUT2D eigenvalue weighted by atomic mass is 19.1. The molecule has 0 fully saturated rings. The molecular formula is C11H11FN4O. The predicted octanol–water partition coefficient (Wildman–Crippen LogP) is 1.48. The lowest BCUT2D eigenvalue weighted by atomic mass is 10.2. The molecule has 0 aliphatic carbocycles. The Kier molecular flexibility index (Phi) is 3.46. The molecule has 2 rings (SSSR count). The molecule has 1 aromatic heterocycles. The van der Waals surface area contributed by atoms with Crippen LogP contribution in [0, 0.1) is 5.82 Å². The summed E-state index contributed by atoms with van der Waals surface area (Å²) in [5, 5.41) is 0. The Morgan fingerprint density at radius 2 is 2.12 bits per heavy atom. The Morgan fingerprint density at radius 1 is 1.29 bits per heavy atom. The van der Waals surface area contributed by atoms with E-state index in [9.17, 15) is 4.39 Å². The number of nitrogens with one attached hydrogen (secondary N) is 1. The van der Waals surface area contributed by atoms with Crippen molar-refractivity contribution >= 4 is 5.82 Å². The van der Waals surface area contributed by atoms with Crippen molar-refractivity contribution in [2.75, 3.05) is 5.43 Å². The van der Waals surface area contributed by atoms with Crippen LogP contribution in [0.5, 0.6) is 5.88 Å². The summed E-state index contributed by atoms with van der Waals surface area (Å²) in [6, 6.07) is 6.39. The third-order valence-corrected chi connectivity index (χ3v) is 2.09. The van der Waals surface area contributed by atoms with Crippen LogP contribution in [-0.2, 0) is 6.61 Å². The number of rotatable bonds is 4. The van der Waals surface area contributed by atoms with Crippen LogP contribution >= 0.6 is 0 Å². The highest BCUT2D eigenvalue weighted by Crippen LogP contribution is 2.12. The Labute approximate surface area is 97.4 Å². The van der Waals surface area contributed by atoms with Gasteiger partial charge in [0.2, 0.25) is 5.88 Å². The largest absolute Gasteiger partial charge is 0.472 e. The summed E-state index contributed by atoms with van der Waals surface area (Å²) in [4.78, 5) is 7.86. The lowest BCUT2D eigenvalue weighted by molar-refractivity contribution is 0.287. The minimum absolute atomic E-state index is 0.0926. The van der Waals surface area contributed by atoms with Gasteiger partial charge in [-0.2, -0.15) is 4.98 Å². The minimum Gasteiger partial charge on any atom is -0.472 e. The summed E-state index contributed by atoms with van der Waals surface area (Å²) in [6.07, 6.45) is 2.89. The Morgan fingerprint density at radius 3 is 2.88 bits per heavy atom. The average molecular weight is 234 g/mol. The molecule has 0 radical (unpaired) electrons. The molecule has 0 bridgehead atoms. The van der Waals surface area contributed by atoms with E-state index in [4.69, 9.17) is 10.6 Å². The van der Waals surface area contributed by atoms with Gasteiger partial charge in [0.05, 0.1) is 12.4 Å². The second-order valence-corrected chi connectivity index (χ2v) is 3.27. The van der Waals surface area contributed by atoms with Gasteiger partial charge in [0.15, 0.2) is 5.82 Å². The Hall–Kier alpha value is -2.21. The van der Waals surface area contributed by atoms with Gasteiger partial charge in [-0.1, -0.05) is 18.2 Å². The number of benzene rings is 1. The van der Waals surface area contributed by atoms with Crippen molar-refractivity contribution in [2.45, 2.75) is 6.61 Å². The molecule has 0 amide bonds. The molecule has 5 nitrogen and oxygen atoms in total. The number of hydrogen-bond acceptors (Lipinski definition) is 5. The fourth-order valence-corrected chi connectivity index (χ4v) is 1.25. The maximum atomic E-state index is 13.3. The molecule has 1 aromatic carbocycles. The van der Waals surface area contributed by atoms with Crippen LogP contribution in [0.4, 0.5) is 10.2 Å². The number of nitrogens with two attached hydrogens (primary N) is 1. The van der Waals surface area contributed by atoms with Gasteiger partial charge in [-0.25, -0.2) is 10.2 Å². The SMILES string of the molecule is NNc1cncc(OCc2ccccc2F)n1. The van der Waals surface area contributed by atoms with E-state index in [1.807, 2.05) is 0 Å². The molecule has 0 unspecified atom stereocenters.